The lowest BCUT2D eigenvalue weighted by Gasteiger charge is -2.32. The van der Waals surface area contributed by atoms with Crippen LogP contribution in [-0.4, -0.2) is 66.3 Å². The number of anilines is 2. The lowest BCUT2D eigenvalue weighted by atomic mass is 10.0. The highest BCUT2D eigenvalue weighted by Crippen LogP contribution is 2.37. The number of ether oxygens (including phenoxy) is 2. The molecule has 0 unspecified atom stereocenters. The number of rotatable bonds is 10. The molecule has 0 saturated carbocycles. The van der Waals surface area contributed by atoms with E-state index < -0.39 is 0 Å². The van der Waals surface area contributed by atoms with Gasteiger partial charge in [0.15, 0.2) is 0 Å². The van der Waals surface area contributed by atoms with Crippen LogP contribution in [-0.2, 0) is 6.54 Å². The summed E-state index contributed by atoms with van der Waals surface area (Å²) in [5.74, 6) is 3.49. The molecule has 2 aliphatic heterocycles. The van der Waals surface area contributed by atoms with E-state index in [9.17, 15) is 0 Å². The van der Waals surface area contributed by atoms with E-state index in [2.05, 4.69) is 66.0 Å². The van der Waals surface area contributed by atoms with Crippen LogP contribution in [0.15, 0.2) is 77.3 Å². The molecule has 0 amide bonds. The standard InChI is InChI=1S/C25H29BrClN3O2.C14H16ClN3/c1-3-31-21-14-17(15-22(24(21)26)32-4-2)16-30-12-10-19(11-13-30)28-23-9-8-18-6-5-7-20(27)25(18)29-23;15-12-3-1-2-10-4-5-13(18-14(10)12)17-11-6-8-16-9-7-11/h5-9,14-15,19H,3-4,10-13,16H2,1-2H3,(H,28,29);1-5,11,16H,6-9H2,(H,17,18). The van der Waals surface area contributed by atoms with Crippen molar-refractivity contribution in [3.05, 3.63) is 92.9 Å². The van der Waals surface area contributed by atoms with Crippen molar-refractivity contribution in [1.82, 2.24) is 20.2 Å². The molecule has 0 aliphatic carbocycles. The van der Waals surface area contributed by atoms with Gasteiger partial charge in [-0.1, -0.05) is 47.5 Å². The van der Waals surface area contributed by atoms with Crippen LogP contribution in [0.2, 0.25) is 10.0 Å². The minimum absolute atomic E-state index is 0.404. The summed E-state index contributed by atoms with van der Waals surface area (Å²) in [6, 6.07) is 25.1. The molecule has 2 saturated heterocycles. The number of halogens is 3. The molecule has 3 aromatic carbocycles. The van der Waals surface area contributed by atoms with Crippen molar-refractivity contribution in [3.63, 3.8) is 0 Å². The van der Waals surface area contributed by atoms with E-state index in [1.54, 1.807) is 0 Å². The molecule has 2 fully saturated rings. The maximum atomic E-state index is 6.32. The topological polar surface area (TPSA) is 83.6 Å². The second kappa shape index (κ2) is 17.7. The minimum atomic E-state index is 0.404. The highest BCUT2D eigenvalue weighted by atomic mass is 79.9. The number of nitrogens with one attached hydrogen (secondary N) is 3. The van der Waals surface area contributed by atoms with Gasteiger partial charge in [0.25, 0.3) is 0 Å². The molecule has 3 N–H and O–H groups in total. The summed E-state index contributed by atoms with van der Waals surface area (Å²) in [7, 11) is 0. The molecule has 4 heterocycles. The first-order valence-corrected chi connectivity index (χ1v) is 19.1. The van der Waals surface area contributed by atoms with Crippen LogP contribution >= 0.6 is 39.1 Å². The van der Waals surface area contributed by atoms with Gasteiger partial charge < -0.3 is 25.4 Å². The highest BCUT2D eigenvalue weighted by molar-refractivity contribution is 9.10. The fraction of sp³-hybridized carbons (Fsp3) is 0.385. The number of nitrogens with zero attached hydrogens (tertiary/aromatic N) is 3. The van der Waals surface area contributed by atoms with Gasteiger partial charge in [-0.05, 0) is 123 Å². The Labute approximate surface area is 313 Å². The van der Waals surface area contributed by atoms with Crippen LogP contribution in [0.4, 0.5) is 11.6 Å². The van der Waals surface area contributed by atoms with Crippen molar-refractivity contribution >= 4 is 72.6 Å². The molecule has 8 nitrogen and oxygen atoms in total. The number of hydrogen-bond acceptors (Lipinski definition) is 8. The largest absolute Gasteiger partial charge is 0.493 e. The van der Waals surface area contributed by atoms with Gasteiger partial charge in [-0.3, -0.25) is 4.90 Å². The van der Waals surface area contributed by atoms with Gasteiger partial charge in [-0.2, -0.15) is 0 Å². The van der Waals surface area contributed by atoms with E-state index in [0.717, 1.165) is 108 Å². The summed E-state index contributed by atoms with van der Waals surface area (Å²) >= 11 is 16.1. The molecule has 0 spiro atoms. The van der Waals surface area contributed by atoms with E-state index >= 15 is 0 Å². The molecule has 5 aromatic rings. The van der Waals surface area contributed by atoms with E-state index in [4.69, 9.17) is 37.7 Å². The zero-order valence-electron chi connectivity index (χ0n) is 28.7. The Balaban J connectivity index is 0.000000202. The number of piperidine rings is 2. The average molecular weight is 781 g/mol. The normalized spacial score (nSPS) is 15.8. The molecule has 2 aromatic heterocycles. The van der Waals surface area contributed by atoms with E-state index in [-0.39, 0.29) is 0 Å². The molecular formula is C39H45BrCl2N6O2. The van der Waals surface area contributed by atoms with Crippen LogP contribution in [0, 0.1) is 0 Å². The molecule has 0 bridgehead atoms. The van der Waals surface area contributed by atoms with Crippen molar-refractivity contribution in [3.8, 4) is 11.5 Å². The van der Waals surface area contributed by atoms with Gasteiger partial charge in [0.05, 0.1) is 34.3 Å². The number of para-hydroxylation sites is 2. The van der Waals surface area contributed by atoms with E-state index in [1.807, 2.05) is 62.4 Å². The SMILES string of the molecule is CCOc1cc(CN2CCC(Nc3ccc4cccc(Cl)c4n3)CC2)cc(OCC)c1Br.Clc1cccc2ccc(NC3CCNCC3)nc12. The first-order chi connectivity index (χ1) is 24.4. The predicted molar refractivity (Wildman–Crippen MR) is 211 cm³/mol. The monoisotopic (exact) mass is 778 g/mol. The predicted octanol–water partition coefficient (Wildman–Crippen LogP) is 9.58. The van der Waals surface area contributed by atoms with Gasteiger partial charge in [0.2, 0.25) is 0 Å². The quantitative estimate of drug-likeness (QED) is 0.129. The number of aromatic nitrogens is 2. The number of hydrogen-bond donors (Lipinski definition) is 3. The first kappa shape index (κ1) is 36.5. The Hall–Kier alpha value is -3.34. The molecule has 7 rings (SSSR count). The molecule has 50 heavy (non-hydrogen) atoms. The van der Waals surface area contributed by atoms with Crippen LogP contribution in [0.3, 0.4) is 0 Å². The van der Waals surface area contributed by atoms with Crippen LogP contribution < -0.4 is 25.4 Å². The third kappa shape index (κ3) is 9.50. The second-order valence-electron chi connectivity index (χ2n) is 12.7. The van der Waals surface area contributed by atoms with Crippen molar-refractivity contribution in [2.24, 2.45) is 0 Å². The van der Waals surface area contributed by atoms with Crippen molar-refractivity contribution in [1.29, 1.82) is 0 Å². The molecular weight excluding hydrogens is 735 g/mol. The number of pyridine rings is 2. The van der Waals surface area contributed by atoms with Gasteiger partial charge in [-0.25, -0.2) is 9.97 Å². The molecule has 2 aliphatic rings. The lowest BCUT2D eigenvalue weighted by Crippen LogP contribution is -2.38. The smallest absolute Gasteiger partial charge is 0.137 e. The highest BCUT2D eigenvalue weighted by Gasteiger charge is 2.21. The Morgan fingerprint density at radius 1 is 0.740 bits per heavy atom. The Morgan fingerprint density at radius 2 is 1.24 bits per heavy atom. The van der Waals surface area contributed by atoms with Crippen LogP contribution in [0.1, 0.15) is 45.1 Å². The minimum Gasteiger partial charge on any atom is -0.493 e. The zero-order chi connectivity index (χ0) is 34.9. The van der Waals surface area contributed by atoms with E-state index in [0.29, 0.717) is 35.3 Å². The maximum absolute atomic E-state index is 6.32. The van der Waals surface area contributed by atoms with Crippen molar-refractivity contribution in [2.45, 2.75) is 58.2 Å². The van der Waals surface area contributed by atoms with Gasteiger partial charge >= 0.3 is 0 Å². The summed E-state index contributed by atoms with van der Waals surface area (Å²) in [5.41, 5.74) is 2.93. The number of benzene rings is 3. The third-order valence-corrected chi connectivity index (χ3v) is 10.4. The Kier molecular flexibility index (Phi) is 12.9. The molecule has 11 heteroatoms. The van der Waals surface area contributed by atoms with E-state index in [1.165, 1.54) is 5.56 Å². The summed E-state index contributed by atoms with van der Waals surface area (Å²) in [5, 5.41) is 14.0. The molecule has 264 valence electrons. The molecule has 0 atom stereocenters. The van der Waals surface area contributed by atoms with Crippen molar-refractivity contribution in [2.75, 3.05) is 50.0 Å². The second-order valence-corrected chi connectivity index (χ2v) is 14.3. The summed E-state index contributed by atoms with van der Waals surface area (Å²) in [6.45, 7) is 10.3. The Morgan fingerprint density at radius 3 is 1.74 bits per heavy atom. The maximum Gasteiger partial charge on any atom is 0.137 e. The van der Waals surface area contributed by atoms with Gasteiger partial charge in [0.1, 0.15) is 27.6 Å². The lowest BCUT2D eigenvalue weighted by molar-refractivity contribution is 0.210. The van der Waals surface area contributed by atoms with Crippen molar-refractivity contribution < 1.29 is 9.47 Å². The van der Waals surface area contributed by atoms with Crippen LogP contribution in [0.5, 0.6) is 11.5 Å². The third-order valence-electron chi connectivity index (χ3n) is 9.04. The average Bonchev–Trinajstić information content (AvgIpc) is 3.13. The fourth-order valence-corrected chi connectivity index (χ4v) is 7.41. The zero-order valence-corrected chi connectivity index (χ0v) is 31.8. The number of likely N-dealkylation sites (tertiary alicyclic amines) is 1. The molecule has 0 radical (unpaired) electrons. The summed E-state index contributed by atoms with van der Waals surface area (Å²) < 4.78 is 12.5. The summed E-state index contributed by atoms with van der Waals surface area (Å²) in [4.78, 5) is 11.8. The van der Waals surface area contributed by atoms with Gasteiger partial charge in [-0.15, -0.1) is 0 Å². The Bertz CT molecular complexity index is 1850. The fourth-order valence-electron chi connectivity index (χ4n) is 6.50. The summed E-state index contributed by atoms with van der Waals surface area (Å²) in [6.07, 6.45) is 4.41. The van der Waals surface area contributed by atoms with Gasteiger partial charge in [0, 0.05) is 42.5 Å². The first-order valence-electron chi connectivity index (χ1n) is 17.5. The van der Waals surface area contributed by atoms with Crippen LogP contribution in [0.25, 0.3) is 21.8 Å². The number of fused-ring (bicyclic) bond motifs is 2.